The third-order valence-electron chi connectivity index (χ3n) is 1.47. The van der Waals surface area contributed by atoms with E-state index in [4.69, 9.17) is 11.6 Å². The molecule has 0 radical (unpaired) electrons. The number of rotatable bonds is 1. The molecule has 0 spiro atoms. The van der Waals surface area contributed by atoms with Crippen molar-refractivity contribution in [2.45, 2.75) is 0 Å². The van der Waals surface area contributed by atoms with Crippen LogP contribution in [0.3, 0.4) is 0 Å². The Kier molecular flexibility index (Phi) is 1.51. The van der Waals surface area contributed by atoms with Crippen LogP contribution in [0.1, 0.15) is 0 Å². The minimum absolute atomic E-state index is 0.771. The Morgan fingerprint density at radius 1 is 1.73 bits per heavy atom. The van der Waals surface area contributed by atoms with Crippen LogP contribution in [-0.2, 0) is 0 Å². The highest BCUT2D eigenvalue weighted by Gasteiger charge is 2.06. The monoisotopic (exact) mass is 187 g/mol. The predicted octanol–water partition coefficient (Wildman–Crippen LogP) is 2.32. The van der Waals surface area contributed by atoms with Crippen molar-refractivity contribution in [1.82, 2.24) is 10.2 Å². The molecule has 11 heavy (non-hydrogen) atoms. The molecule has 0 aromatic carbocycles. The van der Waals surface area contributed by atoms with Crippen LogP contribution in [0.4, 0.5) is 5.82 Å². The lowest BCUT2D eigenvalue weighted by molar-refractivity contribution is 1.12. The van der Waals surface area contributed by atoms with Crippen molar-refractivity contribution in [3.8, 4) is 0 Å². The molecular formula is C6H6ClN3S. The van der Waals surface area contributed by atoms with E-state index >= 15 is 0 Å². The molecule has 2 N–H and O–H groups in total. The van der Waals surface area contributed by atoms with Gasteiger partial charge >= 0.3 is 0 Å². The maximum absolute atomic E-state index is 5.79. The molecule has 2 heterocycles. The van der Waals surface area contributed by atoms with Crippen molar-refractivity contribution in [1.29, 1.82) is 0 Å². The summed E-state index contributed by atoms with van der Waals surface area (Å²) in [7, 11) is 1.85. The third-order valence-corrected chi connectivity index (χ3v) is 2.63. The van der Waals surface area contributed by atoms with Gasteiger partial charge in [-0.2, -0.15) is 5.10 Å². The normalized spacial score (nSPS) is 10.7. The second-order valence-corrected chi connectivity index (χ2v) is 3.78. The summed E-state index contributed by atoms with van der Waals surface area (Å²) in [5, 5.41) is 11.0. The number of aromatic nitrogens is 2. The van der Waals surface area contributed by atoms with Gasteiger partial charge in [0.25, 0.3) is 0 Å². The van der Waals surface area contributed by atoms with Gasteiger partial charge in [-0.25, -0.2) is 0 Å². The summed E-state index contributed by atoms with van der Waals surface area (Å²) in [5.74, 6) is 0.920. The van der Waals surface area contributed by atoms with Gasteiger partial charge in [0.15, 0.2) is 0 Å². The largest absolute Gasteiger partial charge is 0.373 e. The van der Waals surface area contributed by atoms with Crippen molar-refractivity contribution in [2.75, 3.05) is 12.4 Å². The van der Waals surface area contributed by atoms with E-state index in [1.807, 2.05) is 13.1 Å². The number of thiophene rings is 1. The number of anilines is 1. The summed E-state index contributed by atoms with van der Waals surface area (Å²) in [5.41, 5.74) is 0. The lowest BCUT2D eigenvalue weighted by atomic mass is 10.4. The first kappa shape index (κ1) is 6.94. The fourth-order valence-corrected chi connectivity index (χ4v) is 2.02. The van der Waals surface area contributed by atoms with E-state index in [0.717, 1.165) is 20.4 Å². The minimum atomic E-state index is 0.771. The number of nitrogens with one attached hydrogen (secondary N) is 2. The first-order chi connectivity index (χ1) is 5.31. The quantitative estimate of drug-likeness (QED) is 0.720. The highest BCUT2D eigenvalue weighted by molar-refractivity contribution is 7.22. The number of hydrogen-bond donors (Lipinski definition) is 2. The summed E-state index contributed by atoms with van der Waals surface area (Å²) in [6.07, 6.45) is 0. The summed E-state index contributed by atoms with van der Waals surface area (Å²) in [4.78, 5) is 0.944. The molecule has 3 nitrogen and oxygen atoms in total. The SMILES string of the molecule is CNc1[nH]nc2sc(Cl)cc12. The maximum atomic E-state index is 5.79. The topological polar surface area (TPSA) is 40.7 Å². The minimum Gasteiger partial charge on any atom is -0.373 e. The van der Waals surface area contributed by atoms with Gasteiger partial charge in [0.2, 0.25) is 0 Å². The summed E-state index contributed by atoms with van der Waals surface area (Å²) < 4.78 is 0.771. The second kappa shape index (κ2) is 2.39. The number of hydrogen-bond acceptors (Lipinski definition) is 3. The number of H-pyrrole nitrogens is 1. The van der Waals surface area contributed by atoms with E-state index < -0.39 is 0 Å². The number of fused-ring (bicyclic) bond motifs is 1. The zero-order valence-electron chi connectivity index (χ0n) is 5.81. The van der Waals surface area contributed by atoms with Crippen LogP contribution in [0.15, 0.2) is 6.07 Å². The fraction of sp³-hybridized carbons (Fsp3) is 0.167. The lowest BCUT2D eigenvalue weighted by Crippen LogP contribution is -1.86. The molecule has 2 rings (SSSR count). The Labute approximate surface area is 72.4 Å². The first-order valence-corrected chi connectivity index (χ1v) is 4.32. The molecule has 0 amide bonds. The van der Waals surface area contributed by atoms with Crippen LogP contribution < -0.4 is 5.32 Å². The van der Waals surface area contributed by atoms with Crippen LogP contribution in [0.2, 0.25) is 4.34 Å². The second-order valence-electron chi connectivity index (χ2n) is 2.12. The fourth-order valence-electron chi connectivity index (χ4n) is 0.972. The molecule has 2 aromatic heterocycles. The average molecular weight is 188 g/mol. The molecule has 0 atom stereocenters. The molecule has 5 heteroatoms. The molecule has 0 bridgehead atoms. The molecular weight excluding hydrogens is 182 g/mol. The molecule has 0 fully saturated rings. The van der Waals surface area contributed by atoms with Crippen LogP contribution in [0.25, 0.3) is 10.2 Å². The molecule has 0 aliphatic heterocycles. The van der Waals surface area contributed by atoms with E-state index in [1.165, 1.54) is 11.3 Å². The number of nitrogens with zero attached hydrogens (tertiary/aromatic N) is 1. The van der Waals surface area contributed by atoms with E-state index in [0.29, 0.717) is 0 Å². The molecule has 2 aromatic rings. The van der Waals surface area contributed by atoms with Crippen molar-refractivity contribution >= 4 is 39.0 Å². The van der Waals surface area contributed by atoms with Gasteiger partial charge in [0.1, 0.15) is 10.6 Å². The van der Waals surface area contributed by atoms with Gasteiger partial charge in [0.05, 0.1) is 9.72 Å². The maximum Gasteiger partial charge on any atom is 0.148 e. The molecule has 0 saturated heterocycles. The van der Waals surface area contributed by atoms with Gasteiger partial charge in [-0.1, -0.05) is 11.6 Å². The van der Waals surface area contributed by atoms with Crippen molar-refractivity contribution in [3.63, 3.8) is 0 Å². The predicted molar refractivity (Wildman–Crippen MR) is 48.5 cm³/mol. The van der Waals surface area contributed by atoms with E-state index in [2.05, 4.69) is 15.5 Å². The zero-order valence-corrected chi connectivity index (χ0v) is 7.38. The smallest absolute Gasteiger partial charge is 0.148 e. The number of halogens is 1. The molecule has 0 aliphatic rings. The summed E-state index contributed by atoms with van der Waals surface area (Å²) in [6.45, 7) is 0. The van der Waals surface area contributed by atoms with Crippen LogP contribution in [0.5, 0.6) is 0 Å². The van der Waals surface area contributed by atoms with Gasteiger partial charge < -0.3 is 5.32 Å². The highest BCUT2D eigenvalue weighted by Crippen LogP contribution is 2.31. The molecule has 0 saturated carbocycles. The third kappa shape index (κ3) is 0.985. The first-order valence-electron chi connectivity index (χ1n) is 3.12. The van der Waals surface area contributed by atoms with E-state index in [-0.39, 0.29) is 0 Å². The van der Waals surface area contributed by atoms with Crippen LogP contribution in [0, 0.1) is 0 Å². The van der Waals surface area contributed by atoms with Crippen LogP contribution in [-0.4, -0.2) is 17.2 Å². The van der Waals surface area contributed by atoms with Gasteiger partial charge in [0, 0.05) is 7.05 Å². The number of aromatic amines is 1. The van der Waals surface area contributed by atoms with E-state index in [9.17, 15) is 0 Å². The molecule has 58 valence electrons. The summed E-state index contributed by atoms with van der Waals surface area (Å²) in [6, 6.07) is 1.90. The van der Waals surface area contributed by atoms with Gasteiger partial charge in [-0.15, -0.1) is 11.3 Å². The van der Waals surface area contributed by atoms with Crippen molar-refractivity contribution in [2.24, 2.45) is 0 Å². The van der Waals surface area contributed by atoms with Crippen LogP contribution >= 0.6 is 22.9 Å². The highest BCUT2D eigenvalue weighted by atomic mass is 35.5. The Balaban J connectivity index is 2.73. The molecule has 0 aliphatic carbocycles. The Morgan fingerprint density at radius 3 is 3.27 bits per heavy atom. The lowest BCUT2D eigenvalue weighted by Gasteiger charge is -1.89. The van der Waals surface area contributed by atoms with Crippen molar-refractivity contribution in [3.05, 3.63) is 10.4 Å². The standard InChI is InChI=1S/C6H6ClN3S/c1-8-5-3-2-4(7)11-6(3)10-9-5/h2H,1H3,(H2,8,9,10). The Bertz CT molecular complexity index is 378. The Hall–Kier alpha value is -0.740. The average Bonchev–Trinajstić information content (AvgIpc) is 2.45. The van der Waals surface area contributed by atoms with Gasteiger partial charge in [-0.3, -0.25) is 5.10 Å². The van der Waals surface area contributed by atoms with Crippen molar-refractivity contribution < 1.29 is 0 Å². The molecule has 0 unspecified atom stereocenters. The van der Waals surface area contributed by atoms with Gasteiger partial charge in [-0.05, 0) is 6.07 Å². The Morgan fingerprint density at radius 2 is 2.55 bits per heavy atom. The zero-order chi connectivity index (χ0) is 7.84. The van der Waals surface area contributed by atoms with E-state index in [1.54, 1.807) is 0 Å². The summed E-state index contributed by atoms with van der Waals surface area (Å²) >= 11 is 7.26.